The van der Waals surface area contributed by atoms with Gasteiger partial charge in [0.05, 0.1) is 5.02 Å². The Kier molecular flexibility index (Phi) is 5.56. The smallest absolute Gasteiger partial charge is 0.141 e. The van der Waals surface area contributed by atoms with E-state index < -0.39 is 5.82 Å². The average Bonchev–Trinajstić information content (AvgIpc) is 2.63. The Labute approximate surface area is 152 Å². The maximum Gasteiger partial charge on any atom is 0.141 e. The van der Waals surface area contributed by atoms with E-state index in [4.69, 9.17) is 16.3 Å². The molecule has 128 valence electrons. The van der Waals surface area contributed by atoms with Crippen LogP contribution in [-0.4, -0.2) is 0 Å². The molecule has 4 heteroatoms. The average molecular weight is 356 g/mol. The van der Waals surface area contributed by atoms with Crippen molar-refractivity contribution in [1.29, 1.82) is 0 Å². The van der Waals surface area contributed by atoms with E-state index in [2.05, 4.69) is 24.4 Å². The van der Waals surface area contributed by atoms with Gasteiger partial charge in [-0.2, -0.15) is 0 Å². The molecule has 0 aliphatic rings. The lowest BCUT2D eigenvalue weighted by Gasteiger charge is -2.14. The molecule has 3 rings (SSSR count). The first kappa shape index (κ1) is 17.3. The van der Waals surface area contributed by atoms with Crippen LogP contribution in [-0.2, 0) is 13.2 Å². The van der Waals surface area contributed by atoms with Gasteiger partial charge in [-0.3, -0.25) is 0 Å². The van der Waals surface area contributed by atoms with Crippen LogP contribution >= 0.6 is 11.6 Å². The number of benzene rings is 3. The van der Waals surface area contributed by atoms with Crippen LogP contribution in [0.25, 0.3) is 0 Å². The van der Waals surface area contributed by atoms with Crippen molar-refractivity contribution < 1.29 is 9.13 Å². The summed E-state index contributed by atoms with van der Waals surface area (Å²) in [5, 5.41) is 3.35. The molecule has 0 heterocycles. The molecule has 0 radical (unpaired) electrons. The molecule has 0 fully saturated rings. The van der Waals surface area contributed by atoms with Gasteiger partial charge in [0, 0.05) is 17.8 Å². The van der Waals surface area contributed by atoms with E-state index in [0.717, 1.165) is 22.6 Å². The fourth-order valence-corrected chi connectivity index (χ4v) is 2.70. The maximum absolute atomic E-state index is 13.2. The van der Waals surface area contributed by atoms with Crippen LogP contribution in [0.15, 0.2) is 66.7 Å². The van der Waals surface area contributed by atoms with Gasteiger partial charge < -0.3 is 10.1 Å². The number of ether oxygens (including phenoxy) is 1. The van der Waals surface area contributed by atoms with Crippen LogP contribution in [0, 0.1) is 12.7 Å². The van der Waals surface area contributed by atoms with Gasteiger partial charge in [-0.15, -0.1) is 0 Å². The molecular formula is C21H19ClFNO. The molecule has 0 aliphatic heterocycles. The monoisotopic (exact) mass is 355 g/mol. The Morgan fingerprint density at radius 3 is 2.44 bits per heavy atom. The van der Waals surface area contributed by atoms with Gasteiger partial charge in [-0.1, -0.05) is 54.1 Å². The number of anilines is 1. The summed E-state index contributed by atoms with van der Waals surface area (Å²) in [6.45, 7) is 3.16. The zero-order valence-corrected chi connectivity index (χ0v) is 14.7. The van der Waals surface area contributed by atoms with Crippen LogP contribution in [0.4, 0.5) is 10.1 Å². The molecule has 3 aromatic rings. The molecule has 1 N–H and O–H groups in total. The van der Waals surface area contributed by atoms with Gasteiger partial charge in [0.25, 0.3) is 0 Å². The lowest BCUT2D eigenvalue weighted by molar-refractivity contribution is 0.302. The summed E-state index contributed by atoms with van der Waals surface area (Å²) in [6.07, 6.45) is 0. The van der Waals surface area contributed by atoms with Gasteiger partial charge in [-0.25, -0.2) is 4.39 Å². The summed E-state index contributed by atoms with van der Waals surface area (Å²) >= 11 is 5.82. The van der Waals surface area contributed by atoms with E-state index in [9.17, 15) is 4.39 Å². The normalized spacial score (nSPS) is 10.5. The number of hydrogen-bond donors (Lipinski definition) is 1. The van der Waals surface area contributed by atoms with Crippen molar-refractivity contribution in [1.82, 2.24) is 0 Å². The predicted molar refractivity (Wildman–Crippen MR) is 101 cm³/mol. The number of nitrogens with one attached hydrogen (secondary N) is 1. The lowest BCUT2D eigenvalue weighted by Crippen LogP contribution is -2.04. The molecule has 0 spiro atoms. The minimum Gasteiger partial charge on any atom is -0.489 e. The summed E-state index contributed by atoms with van der Waals surface area (Å²) in [4.78, 5) is 0. The summed E-state index contributed by atoms with van der Waals surface area (Å²) in [5.41, 5.74) is 4.16. The Balaban J connectivity index is 1.68. The Morgan fingerprint density at radius 2 is 1.68 bits per heavy atom. The Hall–Kier alpha value is -2.52. The minimum atomic E-state index is -0.422. The number of halogens is 2. The van der Waals surface area contributed by atoms with Crippen LogP contribution in [0.2, 0.25) is 5.02 Å². The van der Waals surface area contributed by atoms with Crippen molar-refractivity contribution in [3.8, 4) is 5.75 Å². The van der Waals surface area contributed by atoms with Crippen LogP contribution in [0.5, 0.6) is 5.75 Å². The SMILES string of the molecule is Cc1ccccc1COc1ccccc1CNc1ccc(F)c(Cl)c1. The summed E-state index contributed by atoms with van der Waals surface area (Å²) in [6, 6.07) is 20.6. The molecular weight excluding hydrogens is 337 g/mol. The fourth-order valence-electron chi connectivity index (χ4n) is 2.52. The molecule has 2 nitrogen and oxygen atoms in total. The van der Waals surface area contributed by atoms with Gasteiger partial charge in [-0.05, 0) is 42.3 Å². The third-order valence-corrected chi connectivity index (χ3v) is 4.31. The van der Waals surface area contributed by atoms with Crippen LogP contribution in [0.3, 0.4) is 0 Å². The molecule has 3 aromatic carbocycles. The first-order chi connectivity index (χ1) is 12.1. The van der Waals surface area contributed by atoms with Gasteiger partial charge in [0.1, 0.15) is 18.2 Å². The van der Waals surface area contributed by atoms with E-state index in [1.165, 1.54) is 11.6 Å². The fraction of sp³-hybridized carbons (Fsp3) is 0.143. The number of hydrogen-bond acceptors (Lipinski definition) is 2. The quantitative estimate of drug-likeness (QED) is 0.587. The molecule has 0 aromatic heterocycles. The molecule has 25 heavy (non-hydrogen) atoms. The lowest BCUT2D eigenvalue weighted by atomic mass is 10.1. The highest BCUT2D eigenvalue weighted by Gasteiger charge is 2.06. The van der Waals surface area contributed by atoms with Gasteiger partial charge >= 0.3 is 0 Å². The van der Waals surface area contributed by atoms with Crippen molar-refractivity contribution in [2.24, 2.45) is 0 Å². The van der Waals surface area contributed by atoms with E-state index in [-0.39, 0.29) is 5.02 Å². The highest BCUT2D eigenvalue weighted by atomic mass is 35.5. The maximum atomic E-state index is 13.2. The highest BCUT2D eigenvalue weighted by Crippen LogP contribution is 2.23. The second-order valence-electron chi connectivity index (χ2n) is 5.81. The van der Waals surface area contributed by atoms with Crippen molar-refractivity contribution in [3.63, 3.8) is 0 Å². The predicted octanol–water partition coefficient (Wildman–Crippen LogP) is 5.98. The zero-order chi connectivity index (χ0) is 17.6. The zero-order valence-electron chi connectivity index (χ0n) is 13.9. The van der Waals surface area contributed by atoms with Crippen LogP contribution in [0.1, 0.15) is 16.7 Å². The second-order valence-corrected chi connectivity index (χ2v) is 6.21. The number of rotatable bonds is 6. The first-order valence-electron chi connectivity index (χ1n) is 8.07. The molecule has 0 amide bonds. The van der Waals surface area contributed by atoms with E-state index in [1.54, 1.807) is 12.1 Å². The molecule has 0 saturated heterocycles. The van der Waals surface area contributed by atoms with Gasteiger partial charge in [0.2, 0.25) is 0 Å². The molecule has 0 bridgehead atoms. The standard InChI is InChI=1S/C21H19ClFNO/c1-15-6-2-3-8-17(15)14-25-21-9-5-4-7-16(21)13-24-18-10-11-20(23)19(22)12-18/h2-12,24H,13-14H2,1H3. The summed E-state index contributed by atoms with van der Waals surface area (Å²) in [5.74, 6) is 0.403. The summed E-state index contributed by atoms with van der Waals surface area (Å²) in [7, 11) is 0. The minimum absolute atomic E-state index is 0.106. The first-order valence-corrected chi connectivity index (χ1v) is 8.45. The largest absolute Gasteiger partial charge is 0.489 e. The second kappa shape index (κ2) is 8.04. The summed E-state index contributed by atoms with van der Waals surface area (Å²) < 4.78 is 19.2. The Morgan fingerprint density at radius 1 is 0.960 bits per heavy atom. The van der Waals surface area contributed by atoms with E-state index in [0.29, 0.717) is 13.2 Å². The molecule has 0 saturated carbocycles. The van der Waals surface area contributed by atoms with Crippen molar-refractivity contribution in [2.45, 2.75) is 20.1 Å². The van der Waals surface area contributed by atoms with E-state index >= 15 is 0 Å². The van der Waals surface area contributed by atoms with Crippen LogP contribution < -0.4 is 10.1 Å². The third kappa shape index (κ3) is 4.52. The van der Waals surface area contributed by atoms with Crippen molar-refractivity contribution in [2.75, 3.05) is 5.32 Å². The third-order valence-electron chi connectivity index (χ3n) is 4.02. The molecule has 0 aliphatic carbocycles. The number of para-hydroxylation sites is 1. The highest BCUT2D eigenvalue weighted by molar-refractivity contribution is 6.31. The van der Waals surface area contributed by atoms with E-state index in [1.807, 2.05) is 36.4 Å². The van der Waals surface area contributed by atoms with Crippen molar-refractivity contribution >= 4 is 17.3 Å². The molecule has 0 unspecified atom stereocenters. The number of aryl methyl sites for hydroxylation is 1. The Bertz CT molecular complexity index is 866. The molecule has 0 atom stereocenters. The van der Waals surface area contributed by atoms with Crippen molar-refractivity contribution in [3.05, 3.63) is 94.3 Å². The topological polar surface area (TPSA) is 21.3 Å². The van der Waals surface area contributed by atoms with Gasteiger partial charge in [0.15, 0.2) is 0 Å².